The normalized spacial score (nSPS) is 24.7. The van der Waals surface area contributed by atoms with Gasteiger partial charge in [-0.25, -0.2) is 0 Å². The van der Waals surface area contributed by atoms with Crippen LogP contribution >= 0.6 is 0 Å². The van der Waals surface area contributed by atoms with Gasteiger partial charge in [0.25, 0.3) is 0 Å². The number of benzene rings is 1. The first-order valence-corrected chi connectivity index (χ1v) is 10.6. The highest BCUT2D eigenvalue weighted by atomic mass is 16.5. The van der Waals surface area contributed by atoms with Crippen LogP contribution in [0.5, 0.6) is 17.2 Å². The first kappa shape index (κ1) is 21.0. The van der Waals surface area contributed by atoms with Gasteiger partial charge >= 0.3 is 0 Å². The molecule has 2 aliphatic rings. The Kier molecular flexibility index (Phi) is 6.46. The van der Waals surface area contributed by atoms with E-state index < -0.39 is 0 Å². The fourth-order valence-electron chi connectivity index (χ4n) is 4.80. The van der Waals surface area contributed by atoms with E-state index in [1.54, 1.807) is 21.3 Å². The van der Waals surface area contributed by atoms with E-state index in [0.717, 1.165) is 43.1 Å². The molecule has 8 nitrogen and oxygen atoms in total. The fraction of sp³-hybridized carbons (Fsp3) is 0.591. The Morgan fingerprint density at radius 3 is 2.50 bits per heavy atom. The number of nitrogens with one attached hydrogen (secondary N) is 2. The monoisotopic (exact) mass is 416 g/mol. The van der Waals surface area contributed by atoms with Gasteiger partial charge in [-0.15, -0.1) is 0 Å². The van der Waals surface area contributed by atoms with E-state index >= 15 is 0 Å². The molecule has 1 aromatic heterocycles. The van der Waals surface area contributed by atoms with E-state index in [4.69, 9.17) is 18.7 Å². The summed E-state index contributed by atoms with van der Waals surface area (Å²) < 4.78 is 22.2. The summed E-state index contributed by atoms with van der Waals surface area (Å²) in [6.07, 6.45) is 3.58. The van der Waals surface area contributed by atoms with Crippen LogP contribution in [-0.2, 0) is 6.54 Å². The maximum Gasteiger partial charge on any atom is 0.203 e. The summed E-state index contributed by atoms with van der Waals surface area (Å²) in [4.78, 5) is 2.56. The molecule has 2 saturated heterocycles. The summed E-state index contributed by atoms with van der Waals surface area (Å²) in [6.45, 7) is 4.69. The van der Waals surface area contributed by atoms with Crippen molar-refractivity contribution >= 4 is 0 Å². The van der Waals surface area contributed by atoms with Crippen molar-refractivity contribution in [3.63, 3.8) is 0 Å². The summed E-state index contributed by atoms with van der Waals surface area (Å²) in [7, 11) is 4.94. The second-order valence-electron chi connectivity index (χ2n) is 8.10. The van der Waals surface area contributed by atoms with Crippen LogP contribution < -0.4 is 25.1 Å². The van der Waals surface area contributed by atoms with Crippen molar-refractivity contribution in [2.45, 2.75) is 50.7 Å². The number of ether oxygens (including phenoxy) is 3. The maximum atomic E-state index is 5.61. The summed E-state index contributed by atoms with van der Waals surface area (Å²) in [5.74, 6) is 3.22. The van der Waals surface area contributed by atoms with Crippen LogP contribution in [0.25, 0.3) is 0 Å². The average Bonchev–Trinajstić information content (AvgIpc) is 3.42. The molecule has 3 atom stereocenters. The summed E-state index contributed by atoms with van der Waals surface area (Å²) in [6, 6.07) is 6.80. The molecule has 8 heteroatoms. The third-order valence-electron chi connectivity index (χ3n) is 6.22. The Labute approximate surface area is 177 Å². The lowest BCUT2D eigenvalue weighted by molar-refractivity contribution is 0.103. The maximum absolute atomic E-state index is 5.61. The zero-order chi connectivity index (χ0) is 21.1. The van der Waals surface area contributed by atoms with E-state index in [9.17, 15) is 0 Å². The number of hydrogen-bond acceptors (Lipinski definition) is 8. The van der Waals surface area contributed by atoms with Gasteiger partial charge in [0.05, 0.1) is 32.9 Å². The molecule has 0 saturated carbocycles. The molecule has 2 fully saturated rings. The number of aryl methyl sites for hydroxylation is 1. The SMILES string of the molecule is COc1cc(CN2CCCCC2C2NNCC2c2cc(C)no2)cc(OC)c1OC. The topological polar surface area (TPSA) is 81.0 Å². The molecule has 3 heterocycles. The second kappa shape index (κ2) is 9.24. The molecule has 0 aliphatic carbocycles. The molecule has 0 amide bonds. The molecule has 164 valence electrons. The molecule has 2 aliphatic heterocycles. The molecule has 1 aromatic carbocycles. The molecule has 0 spiro atoms. The highest BCUT2D eigenvalue weighted by Gasteiger charge is 2.40. The number of piperidine rings is 1. The minimum absolute atomic E-state index is 0.261. The van der Waals surface area contributed by atoms with Crippen LogP contribution in [0, 0.1) is 6.92 Å². The lowest BCUT2D eigenvalue weighted by atomic mass is 9.86. The summed E-state index contributed by atoms with van der Waals surface area (Å²) in [5.41, 5.74) is 8.93. The minimum Gasteiger partial charge on any atom is -0.493 e. The third-order valence-corrected chi connectivity index (χ3v) is 6.22. The number of nitrogens with zero attached hydrogens (tertiary/aromatic N) is 2. The molecule has 30 heavy (non-hydrogen) atoms. The van der Waals surface area contributed by atoms with Gasteiger partial charge in [-0.1, -0.05) is 11.6 Å². The van der Waals surface area contributed by atoms with E-state index in [1.807, 2.05) is 19.1 Å². The van der Waals surface area contributed by atoms with Crippen LogP contribution in [-0.4, -0.2) is 56.6 Å². The molecule has 0 bridgehead atoms. The predicted molar refractivity (Wildman–Crippen MR) is 113 cm³/mol. The van der Waals surface area contributed by atoms with Gasteiger partial charge in [0, 0.05) is 31.2 Å². The van der Waals surface area contributed by atoms with Crippen LogP contribution in [0.15, 0.2) is 22.7 Å². The van der Waals surface area contributed by atoms with Crippen molar-refractivity contribution in [1.29, 1.82) is 0 Å². The molecule has 0 radical (unpaired) electrons. The summed E-state index contributed by atoms with van der Waals surface area (Å²) in [5, 5.41) is 4.10. The van der Waals surface area contributed by atoms with Crippen LogP contribution in [0.2, 0.25) is 0 Å². The van der Waals surface area contributed by atoms with E-state index in [-0.39, 0.29) is 12.0 Å². The Morgan fingerprint density at radius 2 is 1.87 bits per heavy atom. The van der Waals surface area contributed by atoms with Gasteiger partial charge < -0.3 is 18.7 Å². The highest BCUT2D eigenvalue weighted by Crippen LogP contribution is 2.39. The van der Waals surface area contributed by atoms with E-state index in [2.05, 4.69) is 27.0 Å². The largest absolute Gasteiger partial charge is 0.493 e. The Bertz CT molecular complexity index is 830. The minimum atomic E-state index is 0.261. The van der Waals surface area contributed by atoms with Gasteiger partial charge in [0.1, 0.15) is 5.76 Å². The van der Waals surface area contributed by atoms with Crippen molar-refractivity contribution < 1.29 is 18.7 Å². The van der Waals surface area contributed by atoms with Gasteiger partial charge in [-0.05, 0) is 44.0 Å². The number of likely N-dealkylation sites (tertiary alicyclic amines) is 1. The molecular formula is C22H32N4O4. The van der Waals surface area contributed by atoms with Gasteiger partial charge in [0.15, 0.2) is 11.5 Å². The zero-order valence-corrected chi connectivity index (χ0v) is 18.2. The van der Waals surface area contributed by atoms with Crippen molar-refractivity contribution in [3.8, 4) is 17.2 Å². The number of methoxy groups -OCH3 is 3. The lowest BCUT2D eigenvalue weighted by Crippen LogP contribution is -2.52. The van der Waals surface area contributed by atoms with Gasteiger partial charge in [0.2, 0.25) is 5.75 Å². The summed E-state index contributed by atoms with van der Waals surface area (Å²) >= 11 is 0. The number of hydrazine groups is 1. The Balaban J connectivity index is 1.57. The first-order chi connectivity index (χ1) is 14.6. The van der Waals surface area contributed by atoms with Crippen molar-refractivity contribution in [3.05, 3.63) is 35.2 Å². The Morgan fingerprint density at radius 1 is 1.10 bits per heavy atom. The lowest BCUT2D eigenvalue weighted by Gasteiger charge is -2.40. The molecular weight excluding hydrogens is 384 g/mol. The molecule has 4 rings (SSSR count). The van der Waals surface area contributed by atoms with Crippen LogP contribution in [0.1, 0.15) is 42.2 Å². The van der Waals surface area contributed by atoms with Gasteiger partial charge in [-0.2, -0.15) is 0 Å². The zero-order valence-electron chi connectivity index (χ0n) is 18.2. The van der Waals surface area contributed by atoms with Crippen LogP contribution in [0.4, 0.5) is 0 Å². The van der Waals surface area contributed by atoms with E-state index in [1.165, 1.54) is 12.8 Å². The third kappa shape index (κ3) is 4.12. The quantitative estimate of drug-likeness (QED) is 0.713. The van der Waals surface area contributed by atoms with Crippen molar-refractivity contribution in [2.24, 2.45) is 0 Å². The number of aromatic nitrogens is 1. The molecule has 3 unspecified atom stereocenters. The smallest absolute Gasteiger partial charge is 0.203 e. The first-order valence-electron chi connectivity index (χ1n) is 10.6. The predicted octanol–water partition coefficient (Wildman–Crippen LogP) is 2.62. The highest BCUT2D eigenvalue weighted by molar-refractivity contribution is 5.53. The Hall–Kier alpha value is -2.29. The standard InChI is InChI=1S/C22H32N4O4/c1-14-9-18(30-25-14)16-12-23-24-21(16)17-7-5-6-8-26(17)13-15-10-19(27-2)22(29-4)20(11-15)28-3/h9-11,16-17,21,23-24H,5-8,12-13H2,1-4H3. The van der Waals surface area contributed by atoms with E-state index in [0.29, 0.717) is 23.3 Å². The molecule has 2 N–H and O–H groups in total. The van der Waals surface area contributed by atoms with Crippen molar-refractivity contribution in [1.82, 2.24) is 20.9 Å². The van der Waals surface area contributed by atoms with Crippen LogP contribution in [0.3, 0.4) is 0 Å². The number of rotatable bonds is 7. The fourth-order valence-corrected chi connectivity index (χ4v) is 4.80. The van der Waals surface area contributed by atoms with Crippen molar-refractivity contribution in [2.75, 3.05) is 34.4 Å². The second-order valence-corrected chi connectivity index (χ2v) is 8.10. The van der Waals surface area contributed by atoms with Gasteiger partial charge in [-0.3, -0.25) is 15.8 Å². The average molecular weight is 417 g/mol. The molecule has 2 aromatic rings. The number of hydrogen-bond donors (Lipinski definition) is 2.